The van der Waals surface area contributed by atoms with E-state index < -0.39 is 9.84 Å². The van der Waals surface area contributed by atoms with Gasteiger partial charge in [0.1, 0.15) is 6.61 Å². The van der Waals surface area contributed by atoms with Gasteiger partial charge in [-0.15, -0.1) is 0 Å². The first kappa shape index (κ1) is 18.9. The summed E-state index contributed by atoms with van der Waals surface area (Å²) < 4.78 is 33.1. The lowest BCUT2D eigenvalue weighted by Gasteiger charge is -2.07. The summed E-state index contributed by atoms with van der Waals surface area (Å²) in [6.07, 6.45) is 2.74. The van der Waals surface area contributed by atoms with Crippen molar-refractivity contribution in [2.75, 3.05) is 26.6 Å². The summed E-state index contributed by atoms with van der Waals surface area (Å²) >= 11 is 0. The molecule has 0 aliphatic rings. The molecule has 8 heteroatoms. The predicted octanol–water partition coefficient (Wildman–Crippen LogP) is 1.44. The van der Waals surface area contributed by atoms with Crippen molar-refractivity contribution in [2.24, 2.45) is 0 Å². The third kappa shape index (κ3) is 5.84. The maximum atomic E-state index is 12.1. The molecule has 0 unspecified atom stereocenters. The molecule has 1 amide bonds. The molecule has 134 valence electrons. The average Bonchev–Trinajstić information content (AvgIpc) is 2.60. The van der Waals surface area contributed by atoms with Crippen LogP contribution in [0.1, 0.15) is 15.9 Å². The summed E-state index contributed by atoms with van der Waals surface area (Å²) in [4.78, 5) is 16.4. The molecule has 0 fully saturated rings. The zero-order chi connectivity index (χ0) is 18.3. The van der Waals surface area contributed by atoms with Crippen LogP contribution in [0.3, 0.4) is 0 Å². The number of aromatic nitrogens is 1. The number of carbonyl (C=O) groups is 1. The van der Waals surface area contributed by atoms with E-state index in [1.54, 1.807) is 19.4 Å². The highest BCUT2D eigenvalue weighted by atomic mass is 32.2. The summed E-state index contributed by atoms with van der Waals surface area (Å²) in [6, 6.07) is 9.32. The van der Waals surface area contributed by atoms with E-state index in [0.29, 0.717) is 31.2 Å². The van der Waals surface area contributed by atoms with Crippen molar-refractivity contribution in [3.63, 3.8) is 0 Å². The van der Waals surface area contributed by atoms with Crippen LogP contribution in [0.5, 0.6) is 5.88 Å². The van der Waals surface area contributed by atoms with Gasteiger partial charge in [0.05, 0.1) is 11.5 Å². The Morgan fingerprint density at radius 3 is 2.40 bits per heavy atom. The minimum Gasteiger partial charge on any atom is -0.475 e. The zero-order valence-electron chi connectivity index (χ0n) is 14.1. The third-order valence-corrected chi connectivity index (χ3v) is 4.46. The van der Waals surface area contributed by atoms with Gasteiger partial charge in [-0.1, -0.05) is 6.07 Å². The predicted molar refractivity (Wildman–Crippen MR) is 92.3 cm³/mol. The SMILES string of the molecule is COCCOc1ccc(CNC(=O)c2ccc(S(C)(=O)=O)cc2)cn1. The second-order valence-corrected chi connectivity index (χ2v) is 7.34. The Morgan fingerprint density at radius 2 is 1.84 bits per heavy atom. The van der Waals surface area contributed by atoms with Crippen molar-refractivity contribution in [3.8, 4) is 5.88 Å². The molecule has 7 nitrogen and oxygen atoms in total. The number of rotatable bonds is 8. The fraction of sp³-hybridized carbons (Fsp3) is 0.294. The normalized spacial score (nSPS) is 11.1. The fourth-order valence-electron chi connectivity index (χ4n) is 1.97. The monoisotopic (exact) mass is 364 g/mol. The van der Waals surface area contributed by atoms with Crippen LogP contribution in [0.15, 0.2) is 47.5 Å². The van der Waals surface area contributed by atoms with Crippen LogP contribution < -0.4 is 10.1 Å². The second kappa shape index (κ2) is 8.59. The van der Waals surface area contributed by atoms with Crippen LogP contribution >= 0.6 is 0 Å². The van der Waals surface area contributed by atoms with E-state index >= 15 is 0 Å². The Balaban J connectivity index is 1.89. The number of hydrogen-bond acceptors (Lipinski definition) is 6. The smallest absolute Gasteiger partial charge is 0.251 e. The molecule has 1 heterocycles. The highest BCUT2D eigenvalue weighted by Gasteiger charge is 2.10. The van der Waals surface area contributed by atoms with Crippen molar-refractivity contribution >= 4 is 15.7 Å². The Hall–Kier alpha value is -2.45. The number of benzene rings is 1. The number of amides is 1. The van der Waals surface area contributed by atoms with Gasteiger partial charge in [0.2, 0.25) is 5.88 Å². The first-order chi connectivity index (χ1) is 11.9. The van der Waals surface area contributed by atoms with Gasteiger partial charge in [0, 0.05) is 37.7 Å². The van der Waals surface area contributed by atoms with Crippen LogP contribution in [0.2, 0.25) is 0 Å². The minimum atomic E-state index is -3.27. The van der Waals surface area contributed by atoms with Crippen molar-refractivity contribution in [1.82, 2.24) is 10.3 Å². The number of carbonyl (C=O) groups excluding carboxylic acids is 1. The van der Waals surface area contributed by atoms with Gasteiger partial charge in [-0.2, -0.15) is 0 Å². The van der Waals surface area contributed by atoms with Gasteiger partial charge < -0.3 is 14.8 Å². The molecule has 1 aromatic heterocycles. The van der Waals surface area contributed by atoms with Crippen LogP contribution in [0.4, 0.5) is 0 Å². The van der Waals surface area contributed by atoms with Crippen molar-refractivity contribution in [2.45, 2.75) is 11.4 Å². The molecule has 0 radical (unpaired) electrons. The Kier molecular flexibility index (Phi) is 6.49. The van der Waals surface area contributed by atoms with Gasteiger partial charge in [0.25, 0.3) is 5.91 Å². The number of nitrogens with one attached hydrogen (secondary N) is 1. The van der Waals surface area contributed by atoms with E-state index in [0.717, 1.165) is 11.8 Å². The topological polar surface area (TPSA) is 94.6 Å². The molecule has 25 heavy (non-hydrogen) atoms. The van der Waals surface area contributed by atoms with E-state index in [1.165, 1.54) is 24.3 Å². The second-order valence-electron chi connectivity index (χ2n) is 5.33. The molecule has 0 bridgehead atoms. The largest absolute Gasteiger partial charge is 0.475 e. The minimum absolute atomic E-state index is 0.178. The first-order valence-corrected chi connectivity index (χ1v) is 9.44. The molecule has 2 rings (SSSR count). The third-order valence-electron chi connectivity index (χ3n) is 3.33. The quantitative estimate of drug-likeness (QED) is 0.712. The summed E-state index contributed by atoms with van der Waals surface area (Å²) in [7, 11) is -1.68. The lowest BCUT2D eigenvalue weighted by atomic mass is 10.2. The molecular formula is C17H20N2O5S. The fourth-order valence-corrected chi connectivity index (χ4v) is 2.60. The Morgan fingerprint density at radius 1 is 1.12 bits per heavy atom. The van der Waals surface area contributed by atoms with E-state index in [1.807, 2.05) is 6.07 Å². The highest BCUT2D eigenvalue weighted by Crippen LogP contribution is 2.11. The van der Waals surface area contributed by atoms with Crippen molar-refractivity contribution in [3.05, 3.63) is 53.7 Å². The van der Waals surface area contributed by atoms with E-state index in [9.17, 15) is 13.2 Å². The molecule has 0 spiro atoms. The van der Waals surface area contributed by atoms with Crippen molar-refractivity contribution < 1.29 is 22.7 Å². The molecular weight excluding hydrogens is 344 g/mol. The van der Waals surface area contributed by atoms with Crippen LogP contribution in [0, 0.1) is 0 Å². The Labute approximate surface area is 146 Å². The lowest BCUT2D eigenvalue weighted by Crippen LogP contribution is -2.22. The Bertz CT molecular complexity index is 802. The molecule has 0 saturated heterocycles. The average molecular weight is 364 g/mol. The van der Waals surface area contributed by atoms with Crippen LogP contribution in [-0.2, 0) is 21.1 Å². The maximum Gasteiger partial charge on any atom is 0.251 e. The van der Waals surface area contributed by atoms with Gasteiger partial charge in [-0.05, 0) is 29.8 Å². The summed E-state index contributed by atoms with van der Waals surface area (Å²) in [6.45, 7) is 1.21. The number of methoxy groups -OCH3 is 1. The van der Waals surface area contributed by atoms with E-state index in [2.05, 4.69) is 10.3 Å². The first-order valence-electron chi connectivity index (χ1n) is 7.55. The maximum absolute atomic E-state index is 12.1. The van der Waals surface area contributed by atoms with Gasteiger partial charge in [-0.3, -0.25) is 4.79 Å². The summed E-state index contributed by atoms with van der Waals surface area (Å²) in [5, 5.41) is 2.76. The van der Waals surface area contributed by atoms with E-state index in [4.69, 9.17) is 9.47 Å². The molecule has 0 saturated carbocycles. The van der Waals surface area contributed by atoms with Crippen molar-refractivity contribution in [1.29, 1.82) is 0 Å². The van der Waals surface area contributed by atoms with Gasteiger partial charge in [-0.25, -0.2) is 13.4 Å². The highest BCUT2D eigenvalue weighted by molar-refractivity contribution is 7.90. The summed E-state index contributed by atoms with van der Waals surface area (Å²) in [5.74, 6) is 0.198. The summed E-state index contributed by atoms with van der Waals surface area (Å²) in [5.41, 5.74) is 1.21. The van der Waals surface area contributed by atoms with Gasteiger partial charge in [0.15, 0.2) is 9.84 Å². The standard InChI is InChI=1S/C17H20N2O5S/c1-23-9-10-24-16-8-3-13(11-18-16)12-19-17(20)14-4-6-15(7-5-14)25(2,21)22/h3-8,11H,9-10,12H2,1-2H3,(H,19,20). The number of pyridine rings is 1. The molecule has 1 aromatic carbocycles. The van der Waals surface area contributed by atoms with Crippen LogP contribution in [-0.4, -0.2) is 45.9 Å². The number of sulfone groups is 1. The number of ether oxygens (including phenoxy) is 2. The molecule has 0 atom stereocenters. The molecule has 1 N–H and O–H groups in total. The molecule has 0 aliphatic carbocycles. The molecule has 2 aromatic rings. The van der Waals surface area contributed by atoms with Gasteiger partial charge >= 0.3 is 0 Å². The number of hydrogen-bond donors (Lipinski definition) is 1. The number of nitrogens with zero attached hydrogens (tertiary/aromatic N) is 1. The molecule has 0 aliphatic heterocycles. The van der Waals surface area contributed by atoms with E-state index in [-0.39, 0.29) is 10.8 Å². The van der Waals surface area contributed by atoms with Crippen LogP contribution in [0.25, 0.3) is 0 Å². The lowest BCUT2D eigenvalue weighted by molar-refractivity contribution is 0.0950. The zero-order valence-corrected chi connectivity index (χ0v) is 14.9.